The van der Waals surface area contributed by atoms with Crippen molar-refractivity contribution in [3.63, 3.8) is 0 Å². The first kappa shape index (κ1) is 12.9. The van der Waals surface area contributed by atoms with Crippen LogP contribution in [0.4, 0.5) is 0 Å². The summed E-state index contributed by atoms with van der Waals surface area (Å²) >= 11 is 2.92. The Morgan fingerprint density at radius 2 is 1.76 bits per heavy atom. The lowest BCUT2D eigenvalue weighted by atomic mass is 10.2. The molecule has 17 heavy (non-hydrogen) atoms. The fraction of sp³-hybridized carbons (Fsp3) is 0.0714. The number of carbonyl (C=O) groups excluding carboxylic acids is 1. The van der Waals surface area contributed by atoms with Gasteiger partial charge in [-0.25, -0.2) is 0 Å². The summed E-state index contributed by atoms with van der Waals surface area (Å²) in [4.78, 5) is 13.2. The van der Waals surface area contributed by atoms with E-state index in [0.29, 0.717) is 5.75 Å². The fourth-order valence-corrected chi connectivity index (χ4v) is 1.06. The Morgan fingerprint density at radius 1 is 1.12 bits per heavy atom. The Labute approximate surface area is 108 Å². The van der Waals surface area contributed by atoms with Crippen LogP contribution in [0, 0.1) is 34.4 Å². The lowest BCUT2D eigenvalue weighted by molar-refractivity contribution is -0.131. The molecule has 0 spiro atoms. The highest BCUT2D eigenvalue weighted by atomic mass is 79.9. The fourth-order valence-electron chi connectivity index (χ4n) is 0.962. The zero-order valence-electron chi connectivity index (χ0n) is 9.00. The van der Waals surface area contributed by atoms with E-state index >= 15 is 0 Å². The monoisotopic (exact) mass is 286 g/mol. The smallest absolute Gasteiger partial charge is 0.308 e. The molecule has 0 saturated heterocycles. The summed E-state index contributed by atoms with van der Waals surface area (Å²) in [5.41, 5.74) is 0.794. The molecular weight excluding hydrogens is 280 g/mol. The van der Waals surface area contributed by atoms with Crippen molar-refractivity contribution < 1.29 is 9.53 Å². The summed E-state index contributed by atoms with van der Waals surface area (Å²) < 4.78 is 4.89. The number of hydrogen-bond donors (Lipinski definition) is 0. The lowest BCUT2D eigenvalue weighted by Gasteiger charge is -1.99. The van der Waals surface area contributed by atoms with Gasteiger partial charge in [-0.2, -0.15) is 0 Å². The third kappa shape index (κ3) is 5.47. The van der Waals surface area contributed by atoms with Crippen molar-refractivity contribution in [2.24, 2.45) is 0 Å². The summed E-state index contributed by atoms with van der Waals surface area (Å²) in [5, 5.41) is 0. The average Bonchev–Trinajstić information content (AvgIpc) is 2.30. The van der Waals surface area contributed by atoms with Gasteiger partial charge in [-0.05, 0) is 52.8 Å². The van der Waals surface area contributed by atoms with Crippen molar-refractivity contribution in [3.8, 4) is 40.2 Å². The number of halogens is 1. The minimum absolute atomic E-state index is 0.344. The Morgan fingerprint density at radius 3 is 2.35 bits per heavy atom. The molecule has 0 N–H and O–H groups in total. The second-order valence-electron chi connectivity index (χ2n) is 2.84. The zero-order chi connectivity index (χ0) is 12.5. The van der Waals surface area contributed by atoms with E-state index in [0.717, 1.165) is 5.56 Å². The highest BCUT2D eigenvalue weighted by molar-refractivity contribution is 9.12. The van der Waals surface area contributed by atoms with Crippen LogP contribution >= 0.6 is 15.9 Å². The average molecular weight is 287 g/mol. The van der Waals surface area contributed by atoms with Crippen LogP contribution in [-0.2, 0) is 4.79 Å². The summed E-state index contributed by atoms with van der Waals surface area (Å²) in [6.45, 7) is 1.36. The van der Waals surface area contributed by atoms with Crippen LogP contribution in [0.25, 0.3) is 0 Å². The van der Waals surface area contributed by atoms with E-state index in [4.69, 9.17) is 4.74 Å². The van der Waals surface area contributed by atoms with Gasteiger partial charge in [0.2, 0.25) is 0 Å². The van der Waals surface area contributed by atoms with Gasteiger partial charge in [-0.1, -0.05) is 5.92 Å². The van der Waals surface area contributed by atoms with E-state index in [-0.39, 0.29) is 5.97 Å². The minimum Gasteiger partial charge on any atom is -0.427 e. The van der Waals surface area contributed by atoms with E-state index in [1.807, 2.05) is 0 Å². The van der Waals surface area contributed by atoms with E-state index in [2.05, 4.69) is 50.4 Å². The molecule has 0 aliphatic carbocycles. The third-order valence-corrected chi connectivity index (χ3v) is 1.76. The molecular formula is C14H7BrO2. The SMILES string of the molecule is CC(=O)Oc1ccc(C#CC#CC#CBr)cc1. The molecule has 0 atom stereocenters. The predicted octanol–water partition coefficient (Wildman–Crippen LogP) is 2.32. The zero-order valence-corrected chi connectivity index (χ0v) is 10.6. The van der Waals surface area contributed by atoms with Crippen LogP contribution in [0.1, 0.15) is 12.5 Å². The maximum Gasteiger partial charge on any atom is 0.308 e. The van der Waals surface area contributed by atoms with Crippen LogP contribution < -0.4 is 4.74 Å². The molecule has 82 valence electrons. The van der Waals surface area contributed by atoms with Gasteiger partial charge < -0.3 is 4.74 Å². The highest BCUT2D eigenvalue weighted by Crippen LogP contribution is 2.11. The lowest BCUT2D eigenvalue weighted by Crippen LogP contribution is -2.00. The van der Waals surface area contributed by atoms with Crippen LogP contribution in [0.2, 0.25) is 0 Å². The molecule has 2 nitrogen and oxygen atoms in total. The molecule has 0 radical (unpaired) electrons. The van der Waals surface area contributed by atoms with Gasteiger partial charge >= 0.3 is 5.97 Å². The molecule has 0 aromatic heterocycles. The van der Waals surface area contributed by atoms with E-state index in [1.165, 1.54) is 6.92 Å². The first-order valence-electron chi connectivity index (χ1n) is 4.62. The van der Waals surface area contributed by atoms with Crippen molar-refractivity contribution in [2.45, 2.75) is 6.92 Å². The van der Waals surface area contributed by atoms with Gasteiger partial charge in [0, 0.05) is 28.4 Å². The molecule has 1 aromatic rings. The topological polar surface area (TPSA) is 26.3 Å². The molecule has 3 heteroatoms. The number of hydrogen-bond acceptors (Lipinski definition) is 2. The molecule has 0 fully saturated rings. The van der Waals surface area contributed by atoms with Crippen molar-refractivity contribution in [1.82, 2.24) is 0 Å². The Bertz CT molecular complexity index is 581. The molecule has 0 aliphatic heterocycles. The van der Waals surface area contributed by atoms with Crippen molar-refractivity contribution >= 4 is 21.9 Å². The van der Waals surface area contributed by atoms with Gasteiger partial charge in [0.05, 0.1) is 0 Å². The van der Waals surface area contributed by atoms with Crippen LogP contribution in [0.5, 0.6) is 5.75 Å². The first-order valence-corrected chi connectivity index (χ1v) is 5.42. The van der Waals surface area contributed by atoms with Crippen molar-refractivity contribution in [1.29, 1.82) is 0 Å². The summed E-state index contributed by atoms with van der Waals surface area (Å²) in [7, 11) is 0. The van der Waals surface area contributed by atoms with Gasteiger partial charge in [-0.15, -0.1) is 0 Å². The second kappa shape index (κ2) is 7.18. The van der Waals surface area contributed by atoms with E-state index in [9.17, 15) is 4.79 Å². The summed E-state index contributed by atoms with van der Waals surface area (Å²) in [6, 6.07) is 6.86. The van der Waals surface area contributed by atoms with Crippen LogP contribution in [0.3, 0.4) is 0 Å². The Kier molecular flexibility index (Phi) is 5.45. The number of ether oxygens (including phenoxy) is 1. The number of benzene rings is 1. The summed E-state index contributed by atoms with van der Waals surface area (Å²) in [6.07, 6.45) is 0. The largest absolute Gasteiger partial charge is 0.427 e. The molecule has 0 unspecified atom stereocenters. The number of carbonyl (C=O) groups is 1. The van der Waals surface area contributed by atoms with Gasteiger partial charge in [0.25, 0.3) is 0 Å². The first-order chi connectivity index (χ1) is 8.22. The number of esters is 1. The maximum atomic E-state index is 10.7. The quantitative estimate of drug-likeness (QED) is 0.450. The van der Waals surface area contributed by atoms with E-state index in [1.54, 1.807) is 24.3 Å². The standard InChI is InChI=1S/C14H7BrO2/c1-12(16)17-14-9-7-13(8-10-14)6-4-2-3-5-11-15/h7-10H,1H3. The summed E-state index contributed by atoms with van der Waals surface area (Å²) in [5.74, 6) is 13.3. The van der Waals surface area contributed by atoms with Crippen molar-refractivity contribution in [2.75, 3.05) is 0 Å². The van der Waals surface area contributed by atoms with Gasteiger partial charge in [0.15, 0.2) is 0 Å². The third-order valence-electron chi connectivity index (χ3n) is 1.56. The Balaban J connectivity index is 2.71. The second-order valence-corrected chi connectivity index (χ2v) is 3.23. The van der Waals surface area contributed by atoms with Gasteiger partial charge in [-0.3, -0.25) is 4.79 Å². The minimum atomic E-state index is -0.344. The maximum absolute atomic E-state index is 10.7. The molecule has 0 amide bonds. The van der Waals surface area contributed by atoms with Gasteiger partial charge in [0.1, 0.15) is 5.75 Å². The molecule has 0 saturated carbocycles. The Hall–Kier alpha value is -2.15. The normalized spacial score (nSPS) is 7.41. The molecule has 1 rings (SSSR count). The molecule has 0 heterocycles. The van der Waals surface area contributed by atoms with Crippen LogP contribution in [-0.4, -0.2) is 5.97 Å². The molecule has 0 aliphatic rings. The molecule has 1 aromatic carbocycles. The van der Waals surface area contributed by atoms with Crippen LogP contribution in [0.15, 0.2) is 24.3 Å². The number of rotatable bonds is 1. The predicted molar refractivity (Wildman–Crippen MR) is 69.1 cm³/mol. The highest BCUT2D eigenvalue weighted by Gasteiger charge is 1.96. The van der Waals surface area contributed by atoms with E-state index < -0.39 is 0 Å². The van der Waals surface area contributed by atoms with Crippen molar-refractivity contribution in [3.05, 3.63) is 29.8 Å². The molecule has 0 bridgehead atoms.